The minimum atomic E-state index is 0.843. The van der Waals surface area contributed by atoms with Crippen LogP contribution in [0.5, 0.6) is 0 Å². The molecule has 0 radical (unpaired) electrons. The molecule has 0 aliphatic carbocycles. The zero-order chi connectivity index (χ0) is 10.0. The van der Waals surface area contributed by atoms with Gasteiger partial charge in [0.25, 0.3) is 0 Å². The Bertz CT molecular complexity index is 325. The minimum Gasteiger partial charge on any atom is -0.0840 e. The van der Waals surface area contributed by atoms with Crippen molar-refractivity contribution in [1.82, 2.24) is 0 Å². The van der Waals surface area contributed by atoms with E-state index in [0.717, 1.165) is 5.03 Å². The fourth-order valence-electron chi connectivity index (χ4n) is 1.70. The van der Waals surface area contributed by atoms with E-state index in [1.165, 1.54) is 22.3 Å². The Morgan fingerprint density at radius 1 is 1.15 bits per heavy atom. The third-order valence-electron chi connectivity index (χ3n) is 2.17. The molecule has 70 valence electrons. The Labute approximate surface area is 85.2 Å². The second kappa shape index (κ2) is 3.97. The van der Waals surface area contributed by atoms with Crippen LogP contribution >= 0.6 is 11.6 Å². The molecule has 0 saturated carbocycles. The minimum absolute atomic E-state index is 0.843. The normalized spacial score (nSPS) is 11.9. The zero-order valence-electron chi connectivity index (χ0n) is 8.61. The van der Waals surface area contributed by atoms with Crippen LogP contribution in [0.4, 0.5) is 0 Å². The van der Waals surface area contributed by atoms with E-state index >= 15 is 0 Å². The van der Waals surface area contributed by atoms with Gasteiger partial charge in [0, 0.05) is 5.03 Å². The molecule has 0 heterocycles. The summed E-state index contributed by atoms with van der Waals surface area (Å²) >= 11 is 6.11. The molecular weight excluding hydrogens is 180 g/mol. The van der Waals surface area contributed by atoms with Gasteiger partial charge in [0.2, 0.25) is 0 Å². The number of halogens is 1. The van der Waals surface area contributed by atoms with Crippen molar-refractivity contribution in [1.29, 1.82) is 0 Å². The summed E-state index contributed by atoms with van der Waals surface area (Å²) in [7, 11) is 0. The molecule has 1 aromatic carbocycles. The predicted molar refractivity (Wildman–Crippen MR) is 60.2 cm³/mol. The Morgan fingerprint density at radius 3 is 2.00 bits per heavy atom. The lowest BCUT2D eigenvalue weighted by Crippen LogP contribution is -1.90. The second-order valence-electron chi connectivity index (χ2n) is 3.41. The molecule has 0 nitrogen and oxygen atoms in total. The molecular formula is C12H15Cl. The van der Waals surface area contributed by atoms with Crippen molar-refractivity contribution >= 4 is 16.6 Å². The van der Waals surface area contributed by atoms with Crippen molar-refractivity contribution in [2.24, 2.45) is 0 Å². The summed E-state index contributed by atoms with van der Waals surface area (Å²) in [6, 6.07) is 4.32. The summed E-state index contributed by atoms with van der Waals surface area (Å²) in [4.78, 5) is 0. The lowest BCUT2D eigenvalue weighted by molar-refractivity contribution is 1.30. The molecule has 0 saturated heterocycles. The summed E-state index contributed by atoms with van der Waals surface area (Å²) in [5, 5.41) is 0.843. The zero-order valence-corrected chi connectivity index (χ0v) is 9.37. The van der Waals surface area contributed by atoms with Gasteiger partial charge in [-0.1, -0.05) is 35.4 Å². The fraction of sp³-hybridized carbons (Fsp3) is 0.333. The lowest BCUT2D eigenvalue weighted by atomic mass is 9.99. The molecule has 0 amide bonds. The summed E-state index contributed by atoms with van der Waals surface area (Å²) in [5.74, 6) is 0. The van der Waals surface area contributed by atoms with Gasteiger partial charge < -0.3 is 0 Å². The van der Waals surface area contributed by atoms with E-state index in [1.54, 1.807) is 0 Å². The van der Waals surface area contributed by atoms with Gasteiger partial charge in [0.1, 0.15) is 0 Å². The Kier molecular flexibility index (Phi) is 3.16. The summed E-state index contributed by atoms with van der Waals surface area (Å²) in [6.07, 6.45) is 1.94. The maximum Gasteiger partial charge on any atom is 0.0441 e. The molecule has 0 aliphatic heterocycles. The molecule has 0 spiro atoms. The summed E-state index contributed by atoms with van der Waals surface area (Å²) in [5.41, 5.74) is 4.97. The smallest absolute Gasteiger partial charge is 0.0441 e. The fourth-order valence-corrected chi connectivity index (χ4v) is 2.00. The quantitative estimate of drug-likeness (QED) is 0.628. The predicted octanol–water partition coefficient (Wildman–Crippen LogP) is 4.21. The van der Waals surface area contributed by atoms with Crippen molar-refractivity contribution in [3.63, 3.8) is 0 Å². The van der Waals surface area contributed by atoms with Crippen LogP contribution < -0.4 is 0 Å². The van der Waals surface area contributed by atoms with Crippen LogP contribution in [0, 0.1) is 20.8 Å². The van der Waals surface area contributed by atoms with Crippen molar-refractivity contribution in [2.45, 2.75) is 27.7 Å². The van der Waals surface area contributed by atoms with Crippen molar-refractivity contribution in [3.05, 3.63) is 40.5 Å². The van der Waals surface area contributed by atoms with E-state index < -0.39 is 0 Å². The molecule has 0 atom stereocenters. The highest BCUT2D eigenvalue weighted by Gasteiger charge is 2.05. The van der Waals surface area contributed by atoms with Gasteiger partial charge in [0.15, 0.2) is 0 Å². The van der Waals surface area contributed by atoms with Crippen LogP contribution in [0.1, 0.15) is 29.2 Å². The number of benzene rings is 1. The molecule has 13 heavy (non-hydrogen) atoms. The highest BCUT2D eigenvalue weighted by atomic mass is 35.5. The van der Waals surface area contributed by atoms with E-state index in [0.29, 0.717) is 0 Å². The highest BCUT2D eigenvalue weighted by molar-refractivity contribution is 6.49. The van der Waals surface area contributed by atoms with E-state index in [-0.39, 0.29) is 0 Å². The first-order chi connectivity index (χ1) is 6.06. The average Bonchev–Trinajstić information content (AvgIpc) is 2.02. The molecule has 0 aromatic heterocycles. The Morgan fingerprint density at radius 2 is 1.62 bits per heavy atom. The summed E-state index contributed by atoms with van der Waals surface area (Å²) < 4.78 is 0. The Balaban J connectivity index is 3.37. The third kappa shape index (κ3) is 2.13. The molecule has 1 rings (SSSR count). The maximum atomic E-state index is 6.11. The molecule has 0 fully saturated rings. The lowest BCUT2D eigenvalue weighted by Gasteiger charge is -2.09. The SMILES string of the molecule is C/C=C(/Cl)c1c(C)cc(C)cc1C. The average molecular weight is 195 g/mol. The standard InChI is InChI=1S/C12H15Cl/c1-5-11(13)12-9(3)6-8(2)7-10(12)4/h5-7H,1-4H3/b11-5+. The van der Waals surface area contributed by atoms with Crippen LogP contribution in [0.2, 0.25) is 0 Å². The first-order valence-electron chi connectivity index (χ1n) is 4.46. The van der Waals surface area contributed by atoms with Crippen molar-refractivity contribution < 1.29 is 0 Å². The first kappa shape index (κ1) is 10.3. The molecule has 0 bridgehead atoms. The van der Waals surface area contributed by atoms with Gasteiger partial charge in [-0.2, -0.15) is 0 Å². The van der Waals surface area contributed by atoms with Gasteiger partial charge in [-0.15, -0.1) is 0 Å². The van der Waals surface area contributed by atoms with Crippen LogP contribution in [-0.4, -0.2) is 0 Å². The van der Waals surface area contributed by atoms with Gasteiger partial charge in [0.05, 0.1) is 0 Å². The van der Waals surface area contributed by atoms with Crippen molar-refractivity contribution in [3.8, 4) is 0 Å². The number of allylic oxidation sites excluding steroid dienone is 1. The highest BCUT2D eigenvalue weighted by Crippen LogP contribution is 2.26. The molecule has 0 unspecified atom stereocenters. The molecule has 0 aliphatic rings. The number of rotatable bonds is 1. The third-order valence-corrected chi connectivity index (χ3v) is 2.58. The van der Waals surface area contributed by atoms with Crippen LogP contribution in [-0.2, 0) is 0 Å². The van der Waals surface area contributed by atoms with Gasteiger partial charge >= 0.3 is 0 Å². The molecule has 0 N–H and O–H groups in total. The van der Waals surface area contributed by atoms with E-state index in [4.69, 9.17) is 11.6 Å². The van der Waals surface area contributed by atoms with E-state index in [1.807, 2.05) is 13.0 Å². The number of hydrogen-bond donors (Lipinski definition) is 0. The maximum absolute atomic E-state index is 6.11. The molecule has 1 aromatic rings. The van der Waals surface area contributed by atoms with Crippen LogP contribution in [0.3, 0.4) is 0 Å². The topological polar surface area (TPSA) is 0 Å². The second-order valence-corrected chi connectivity index (χ2v) is 3.82. The van der Waals surface area contributed by atoms with Crippen molar-refractivity contribution in [2.75, 3.05) is 0 Å². The Hall–Kier alpha value is -0.750. The summed E-state index contributed by atoms with van der Waals surface area (Å²) in [6.45, 7) is 8.26. The number of hydrogen-bond acceptors (Lipinski definition) is 0. The van der Waals surface area contributed by atoms with Crippen LogP contribution in [0.15, 0.2) is 18.2 Å². The largest absolute Gasteiger partial charge is 0.0840 e. The molecule has 1 heteroatoms. The monoisotopic (exact) mass is 194 g/mol. The van der Waals surface area contributed by atoms with E-state index in [2.05, 4.69) is 32.9 Å². The first-order valence-corrected chi connectivity index (χ1v) is 4.84. The van der Waals surface area contributed by atoms with Gasteiger partial charge in [-0.3, -0.25) is 0 Å². The van der Waals surface area contributed by atoms with Crippen LogP contribution in [0.25, 0.3) is 5.03 Å². The number of aryl methyl sites for hydroxylation is 3. The van der Waals surface area contributed by atoms with Gasteiger partial charge in [-0.25, -0.2) is 0 Å². The van der Waals surface area contributed by atoms with E-state index in [9.17, 15) is 0 Å². The van der Waals surface area contributed by atoms with Gasteiger partial charge in [-0.05, 0) is 44.4 Å².